The number of hydrogen-bond acceptors (Lipinski definition) is 12. The number of phenols is 4. The number of carbonyl (C=O) groups is 2. The van der Waals surface area contributed by atoms with Crippen molar-refractivity contribution in [2.45, 2.75) is 158 Å². The van der Waals surface area contributed by atoms with Gasteiger partial charge in [0, 0.05) is 48.7 Å². The van der Waals surface area contributed by atoms with E-state index >= 15 is 0 Å². The molecule has 0 spiro atoms. The third kappa shape index (κ3) is 20.9. The van der Waals surface area contributed by atoms with E-state index in [1.165, 1.54) is 54.9 Å². The molecular formula is C56H80N4NiO8. The fraction of sp³-hybridized carbons (Fsp3) is 0.500. The molecule has 4 rings (SSSR count). The molecule has 0 unspecified atom stereocenters. The second-order valence-electron chi connectivity index (χ2n) is 16.8. The Kier molecular flexibility index (Phi) is 30.9. The number of carboxylic acids is 2. The topological polar surface area (TPSA) is 192 Å². The third-order valence-corrected chi connectivity index (χ3v) is 11.8. The van der Waals surface area contributed by atoms with Gasteiger partial charge in [0.15, 0.2) is 23.0 Å². The summed E-state index contributed by atoms with van der Waals surface area (Å²) in [6.45, 7) is 21.5. The number of carbonyl (C=O) groups excluding carboxylic acids is 2. The molecule has 0 aliphatic heterocycles. The van der Waals surface area contributed by atoms with Gasteiger partial charge in [-0.25, -0.2) is 0 Å². The number of anilines is 2. The number of benzene rings is 4. The summed E-state index contributed by atoms with van der Waals surface area (Å²) in [7, 11) is 0. The Morgan fingerprint density at radius 3 is 1.10 bits per heavy atom. The standard InChI is InChI=1S/C32H50N4.2C12H16O4.Ni/c1-7-13-15-16-18-32(34-28-21-25-30(26-22-28)36(11-5)12-6)31(17-14-8-2)33-27-19-23-29(24-20-27)35(9-3)10-4;2*1-2-3-4-5-8-6-7-9(13)11(14)10(8)12(15)16;/h19-26H,7-18H2,1-6H3;2*6-7,13-14H,2-5H2,1H3,(H,15,16);/q;;;+2/p-2. The zero-order chi connectivity index (χ0) is 50.4. The van der Waals surface area contributed by atoms with Crippen LogP contribution in [0.25, 0.3) is 0 Å². The minimum absolute atomic E-state index is 0. The molecule has 0 aliphatic carbocycles. The number of rotatable bonds is 27. The van der Waals surface area contributed by atoms with Crippen LogP contribution in [0.4, 0.5) is 22.7 Å². The van der Waals surface area contributed by atoms with Crippen molar-refractivity contribution in [2.24, 2.45) is 9.98 Å². The second kappa shape index (κ2) is 34.7. The van der Waals surface area contributed by atoms with E-state index < -0.39 is 34.9 Å². The molecule has 4 aromatic carbocycles. The number of carboxylic acid groups (broad SMARTS) is 2. The second-order valence-corrected chi connectivity index (χ2v) is 16.8. The molecule has 4 N–H and O–H groups in total. The first-order chi connectivity index (χ1) is 32.7. The van der Waals surface area contributed by atoms with Crippen molar-refractivity contribution < 1.29 is 56.7 Å². The largest absolute Gasteiger partial charge is 2.00 e. The maximum Gasteiger partial charge on any atom is 2.00 e. The molecule has 0 fully saturated rings. The molecule has 0 saturated carbocycles. The van der Waals surface area contributed by atoms with Gasteiger partial charge in [-0.2, -0.15) is 0 Å². The number of nitrogens with zero attached hydrogens (tertiary/aromatic N) is 4. The number of phenolic OH excluding ortho intramolecular Hbond substituents is 2. The molecule has 12 nitrogen and oxygen atoms in total. The Hall–Kier alpha value is -5.55. The van der Waals surface area contributed by atoms with Crippen LogP contribution in [0, 0.1) is 0 Å². The van der Waals surface area contributed by atoms with Crippen LogP contribution >= 0.6 is 0 Å². The number of aromatic carboxylic acids is 2. The summed E-state index contributed by atoms with van der Waals surface area (Å²) in [5.74, 6) is -4.99. The summed E-state index contributed by atoms with van der Waals surface area (Å²) < 4.78 is 0. The Bertz CT molecular complexity index is 2080. The molecule has 4 aromatic rings. The van der Waals surface area contributed by atoms with Gasteiger partial charge in [-0.3, -0.25) is 9.98 Å². The molecule has 0 aromatic heterocycles. The van der Waals surface area contributed by atoms with Crippen LogP contribution in [0.1, 0.15) is 177 Å². The first-order valence-electron chi connectivity index (χ1n) is 25.1. The van der Waals surface area contributed by atoms with Gasteiger partial charge < -0.3 is 50.0 Å². The summed E-state index contributed by atoms with van der Waals surface area (Å²) in [6, 6.07) is 23.1. The van der Waals surface area contributed by atoms with E-state index in [2.05, 4.69) is 99.9 Å². The van der Waals surface area contributed by atoms with Gasteiger partial charge in [-0.15, -0.1) is 0 Å². The number of hydrogen-bond donors (Lipinski definition) is 4. The zero-order valence-corrected chi connectivity index (χ0v) is 43.6. The van der Waals surface area contributed by atoms with E-state index in [4.69, 9.17) is 9.98 Å². The van der Waals surface area contributed by atoms with Crippen LogP contribution in [0.15, 0.2) is 82.8 Å². The van der Waals surface area contributed by atoms with Gasteiger partial charge in [0.25, 0.3) is 0 Å². The summed E-state index contributed by atoms with van der Waals surface area (Å²) in [5.41, 5.74) is 7.29. The first-order valence-corrected chi connectivity index (χ1v) is 25.1. The Balaban J connectivity index is 0.000000595. The molecule has 69 heavy (non-hydrogen) atoms. The summed E-state index contributed by atoms with van der Waals surface area (Å²) in [6.07, 6.45) is 16.0. The predicted molar refractivity (Wildman–Crippen MR) is 277 cm³/mol. The van der Waals surface area contributed by atoms with Crippen LogP contribution in [-0.4, -0.2) is 70.0 Å². The molecule has 382 valence electrons. The van der Waals surface area contributed by atoms with Crippen molar-refractivity contribution in [1.82, 2.24) is 0 Å². The number of unbranched alkanes of at least 4 members (excludes halogenated alkanes) is 8. The molecule has 0 amide bonds. The SMILES string of the molecule is CCCCCCC(=Nc1ccc(N(CC)CC)cc1)C(CCCC)=Nc1ccc(N(CC)CC)cc1.CCCCCc1ccc(O)c(O)c1C(=O)[O-].CCCCCc1ccc(O)c(O)c1C(=O)[O-].[Ni+2]. The molecule has 0 radical (unpaired) electrons. The van der Waals surface area contributed by atoms with Crippen molar-refractivity contribution in [3.05, 3.63) is 95.1 Å². The van der Waals surface area contributed by atoms with E-state index in [1.54, 1.807) is 0 Å². The van der Waals surface area contributed by atoms with Crippen molar-refractivity contribution in [2.75, 3.05) is 36.0 Å². The van der Waals surface area contributed by atoms with Crippen molar-refractivity contribution >= 4 is 46.1 Å². The molecule has 0 atom stereocenters. The maximum absolute atomic E-state index is 10.8. The van der Waals surface area contributed by atoms with Gasteiger partial charge in [-0.1, -0.05) is 91.2 Å². The van der Waals surface area contributed by atoms with Crippen molar-refractivity contribution in [1.29, 1.82) is 0 Å². The van der Waals surface area contributed by atoms with E-state index in [0.717, 1.165) is 120 Å². The average molecular weight is 996 g/mol. The van der Waals surface area contributed by atoms with Gasteiger partial charge in [-0.05, 0) is 151 Å². The van der Waals surface area contributed by atoms with Crippen LogP contribution in [-0.2, 0) is 29.3 Å². The Labute approximate surface area is 423 Å². The average Bonchev–Trinajstić information content (AvgIpc) is 3.33. The molecule has 13 heteroatoms. The third-order valence-electron chi connectivity index (χ3n) is 11.8. The summed E-state index contributed by atoms with van der Waals surface area (Å²) >= 11 is 0. The quantitative estimate of drug-likeness (QED) is 0.0193. The number of aryl methyl sites for hydroxylation is 2. The fourth-order valence-corrected chi connectivity index (χ4v) is 7.81. The van der Waals surface area contributed by atoms with Gasteiger partial charge in [0.1, 0.15) is 0 Å². The van der Waals surface area contributed by atoms with Gasteiger partial charge in [0.2, 0.25) is 0 Å². The summed E-state index contributed by atoms with van der Waals surface area (Å²) in [5, 5.41) is 59.0. The molecule has 0 heterocycles. The van der Waals surface area contributed by atoms with E-state index in [9.17, 15) is 40.2 Å². The van der Waals surface area contributed by atoms with Crippen LogP contribution < -0.4 is 20.0 Å². The monoisotopic (exact) mass is 995 g/mol. The minimum Gasteiger partial charge on any atom is -0.545 e. The van der Waals surface area contributed by atoms with Crippen LogP contribution in [0.5, 0.6) is 23.0 Å². The molecule has 0 bridgehead atoms. The maximum atomic E-state index is 10.8. The van der Waals surface area contributed by atoms with E-state index in [-0.39, 0.29) is 27.6 Å². The normalized spacial score (nSPS) is 11.1. The first kappa shape index (κ1) is 61.5. The van der Waals surface area contributed by atoms with Crippen LogP contribution in [0.3, 0.4) is 0 Å². The van der Waals surface area contributed by atoms with Crippen molar-refractivity contribution in [3.8, 4) is 23.0 Å². The van der Waals surface area contributed by atoms with Crippen molar-refractivity contribution in [3.63, 3.8) is 0 Å². The van der Waals surface area contributed by atoms with Crippen LogP contribution in [0.2, 0.25) is 0 Å². The molecule has 0 saturated heterocycles. The summed E-state index contributed by atoms with van der Waals surface area (Å²) in [4.78, 5) is 36.8. The smallest absolute Gasteiger partial charge is 0.545 e. The van der Waals surface area contributed by atoms with Gasteiger partial charge >= 0.3 is 16.5 Å². The number of aromatic hydroxyl groups is 4. The molecular weight excluding hydrogens is 915 g/mol. The van der Waals surface area contributed by atoms with E-state index in [0.29, 0.717) is 24.0 Å². The Morgan fingerprint density at radius 2 is 0.783 bits per heavy atom. The zero-order valence-electron chi connectivity index (χ0n) is 42.6. The predicted octanol–water partition coefficient (Wildman–Crippen LogP) is 11.8. The molecule has 0 aliphatic rings. The fourth-order valence-electron chi connectivity index (χ4n) is 7.81. The minimum atomic E-state index is -1.46. The van der Waals surface area contributed by atoms with E-state index in [1.807, 2.05) is 13.8 Å². The van der Waals surface area contributed by atoms with Gasteiger partial charge in [0.05, 0.1) is 34.7 Å². The Morgan fingerprint density at radius 1 is 0.449 bits per heavy atom. The number of aliphatic imine (C=N–C) groups is 2.